The Morgan fingerprint density at radius 3 is 2.56 bits per heavy atom. The van der Waals surface area contributed by atoms with Crippen LogP contribution in [0.2, 0.25) is 0 Å². The van der Waals surface area contributed by atoms with E-state index < -0.39 is 0 Å². The van der Waals surface area contributed by atoms with Gasteiger partial charge in [0.25, 0.3) is 0 Å². The molecule has 0 spiro atoms. The molecule has 0 saturated carbocycles. The number of carbonyl (C=O) groups is 1. The average Bonchev–Trinajstić information content (AvgIpc) is 3.02. The molecule has 27 heavy (non-hydrogen) atoms. The van der Waals surface area contributed by atoms with Crippen LogP contribution in [0.15, 0.2) is 59.8 Å². The van der Waals surface area contributed by atoms with Crippen LogP contribution in [0.4, 0.5) is 28.7 Å². The summed E-state index contributed by atoms with van der Waals surface area (Å²) < 4.78 is 3.06. The third-order valence-electron chi connectivity index (χ3n) is 4.00. The molecular weight excluding hydrogens is 360 g/mol. The summed E-state index contributed by atoms with van der Waals surface area (Å²) >= 11 is 1.55. The van der Waals surface area contributed by atoms with Crippen molar-refractivity contribution in [2.45, 2.75) is 11.3 Å². The zero-order chi connectivity index (χ0) is 18.6. The molecular formula is C19H18N6OS. The number of rotatable bonds is 6. The highest BCUT2D eigenvalue weighted by Gasteiger charge is 2.17. The number of carbonyl (C=O) groups excluding carboxylic acids is 1. The summed E-state index contributed by atoms with van der Waals surface area (Å²) in [4.78, 5) is 21.1. The van der Waals surface area contributed by atoms with Gasteiger partial charge >= 0.3 is 0 Å². The Morgan fingerprint density at radius 2 is 1.78 bits per heavy atom. The summed E-state index contributed by atoms with van der Waals surface area (Å²) in [6.45, 7) is 0. The highest BCUT2D eigenvalue weighted by atomic mass is 32.2. The van der Waals surface area contributed by atoms with Gasteiger partial charge in [-0.05, 0) is 61.0 Å². The van der Waals surface area contributed by atoms with E-state index in [1.807, 2.05) is 55.6 Å². The van der Waals surface area contributed by atoms with Gasteiger partial charge in [-0.1, -0.05) is 6.07 Å². The lowest BCUT2D eigenvalue weighted by Gasteiger charge is -2.10. The molecule has 0 radical (unpaired) electrons. The third-order valence-corrected chi connectivity index (χ3v) is 4.69. The van der Waals surface area contributed by atoms with Gasteiger partial charge in [0.05, 0.1) is 6.42 Å². The molecule has 4 N–H and O–H groups in total. The fourth-order valence-electron chi connectivity index (χ4n) is 2.85. The van der Waals surface area contributed by atoms with E-state index in [0.29, 0.717) is 18.1 Å². The molecule has 1 aliphatic rings. The molecule has 8 heteroatoms. The number of anilines is 5. The van der Waals surface area contributed by atoms with Gasteiger partial charge in [0.1, 0.15) is 18.0 Å². The lowest BCUT2D eigenvalue weighted by molar-refractivity contribution is -0.115. The van der Waals surface area contributed by atoms with Crippen molar-refractivity contribution in [3.8, 4) is 0 Å². The maximum atomic E-state index is 11.5. The van der Waals surface area contributed by atoms with Gasteiger partial charge in [0.15, 0.2) is 0 Å². The summed E-state index contributed by atoms with van der Waals surface area (Å²) in [5.41, 5.74) is 3.68. The van der Waals surface area contributed by atoms with Gasteiger partial charge in [-0.25, -0.2) is 9.97 Å². The minimum absolute atomic E-state index is 0.0225. The Labute approximate surface area is 161 Å². The predicted molar refractivity (Wildman–Crippen MR) is 109 cm³/mol. The zero-order valence-corrected chi connectivity index (χ0v) is 15.4. The summed E-state index contributed by atoms with van der Waals surface area (Å²) in [6.07, 6.45) is 1.91. The lowest BCUT2D eigenvalue weighted by atomic mass is 10.1. The van der Waals surface area contributed by atoms with Crippen LogP contribution in [0.3, 0.4) is 0 Å². The van der Waals surface area contributed by atoms with Crippen molar-refractivity contribution in [2.24, 2.45) is 0 Å². The highest BCUT2D eigenvalue weighted by Crippen LogP contribution is 2.28. The molecule has 1 aromatic heterocycles. The third kappa shape index (κ3) is 4.18. The van der Waals surface area contributed by atoms with Gasteiger partial charge < -0.3 is 16.0 Å². The predicted octanol–water partition coefficient (Wildman–Crippen LogP) is 3.68. The van der Waals surface area contributed by atoms with E-state index >= 15 is 0 Å². The number of amides is 1. The lowest BCUT2D eigenvalue weighted by Crippen LogP contribution is -2.03. The van der Waals surface area contributed by atoms with Crippen molar-refractivity contribution in [2.75, 3.05) is 23.0 Å². The number of nitrogens with zero attached hydrogens (tertiary/aromatic N) is 2. The number of benzene rings is 2. The SMILES string of the molecule is CNSc1cccc(Nc2cc(Nc3ccc4c(c3)CC(=O)N4)ncn2)c1. The van der Waals surface area contributed by atoms with Crippen molar-refractivity contribution in [1.29, 1.82) is 0 Å². The molecule has 0 saturated heterocycles. The van der Waals surface area contributed by atoms with Crippen LogP contribution in [0.5, 0.6) is 0 Å². The Balaban J connectivity index is 1.49. The Kier molecular flexibility index (Phi) is 4.91. The summed E-state index contributed by atoms with van der Waals surface area (Å²) in [5.74, 6) is 1.39. The van der Waals surface area contributed by atoms with Crippen molar-refractivity contribution in [3.63, 3.8) is 0 Å². The molecule has 0 atom stereocenters. The van der Waals surface area contributed by atoms with Crippen molar-refractivity contribution in [1.82, 2.24) is 14.7 Å². The summed E-state index contributed by atoms with van der Waals surface area (Å²) in [5, 5.41) is 9.38. The normalized spacial score (nSPS) is 12.4. The van der Waals surface area contributed by atoms with Crippen molar-refractivity contribution >= 4 is 46.6 Å². The molecule has 2 aromatic carbocycles. The highest BCUT2D eigenvalue weighted by molar-refractivity contribution is 7.97. The van der Waals surface area contributed by atoms with Crippen LogP contribution in [0.1, 0.15) is 5.56 Å². The molecule has 3 aromatic rings. The molecule has 0 unspecified atom stereocenters. The summed E-state index contributed by atoms with van der Waals surface area (Å²) in [7, 11) is 1.89. The van der Waals surface area contributed by atoms with Crippen LogP contribution < -0.4 is 20.7 Å². The van der Waals surface area contributed by atoms with E-state index in [1.165, 1.54) is 6.33 Å². The van der Waals surface area contributed by atoms with Crippen LogP contribution in [-0.2, 0) is 11.2 Å². The minimum Gasteiger partial charge on any atom is -0.340 e. The van der Waals surface area contributed by atoms with Gasteiger partial charge in [0.2, 0.25) is 5.91 Å². The molecule has 136 valence electrons. The first-order valence-corrected chi connectivity index (χ1v) is 9.24. The molecule has 0 fully saturated rings. The maximum Gasteiger partial charge on any atom is 0.228 e. The molecule has 4 rings (SSSR count). The van der Waals surface area contributed by atoms with Crippen LogP contribution in [0.25, 0.3) is 0 Å². The first-order valence-electron chi connectivity index (χ1n) is 8.42. The van der Waals surface area contributed by atoms with Gasteiger partial charge in [-0.15, -0.1) is 0 Å². The number of nitrogens with one attached hydrogen (secondary N) is 4. The van der Waals surface area contributed by atoms with Crippen LogP contribution >= 0.6 is 11.9 Å². The molecule has 1 aliphatic heterocycles. The second kappa shape index (κ2) is 7.65. The average molecular weight is 378 g/mol. The van der Waals surface area contributed by atoms with Crippen molar-refractivity contribution < 1.29 is 4.79 Å². The molecule has 7 nitrogen and oxygen atoms in total. The largest absolute Gasteiger partial charge is 0.340 e. The molecule has 1 amide bonds. The van der Waals surface area contributed by atoms with Crippen LogP contribution in [-0.4, -0.2) is 22.9 Å². The monoisotopic (exact) mass is 378 g/mol. The topological polar surface area (TPSA) is 91.0 Å². The minimum atomic E-state index is 0.0225. The fourth-order valence-corrected chi connectivity index (χ4v) is 3.42. The molecule has 2 heterocycles. The Morgan fingerprint density at radius 1 is 1.00 bits per heavy atom. The Hall–Kier alpha value is -3.10. The second-order valence-corrected chi connectivity index (χ2v) is 7.05. The summed E-state index contributed by atoms with van der Waals surface area (Å²) in [6, 6.07) is 15.7. The second-order valence-electron chi connectivity index (χ2n) is 5.97. The van der Waals surface area contributed by atoms with Crippen LogP contribution in [0, 0.1) is 0 Å². The van der Waals surface area contributed by atoms with E-state index in [9.17, 15) is 4.79 Å². The van der Waals surface area contributed by atoms with E-state index in [-0.39, 0.29) is 5.91 Å². The van der Waals surface area contributed by atoms with Gasteiger partial charge in [-0.2, -0.15) is 0 Å². The van der Waals surface area contributed by atoms with E-state index in [0.717, 1.165) is 27.5 Å². The standard InChI is InChI=1S/C19H18N6OS/c1-20-27-15-4-2-3-13(9-15)23-17-10-18(22-11-21-17)24-14-5-6-16-12(7-14)8-19(26)25-16/h2-7,9-11,20H,8H2,1H3,(H,25,26)(H2,21,22,23,24). The van der Waals surface area contributed by atoms with Gasteiger partial charge in [-0.3, -0.25) is 9.52 Å². The zero-order valence-electron chi connectivity index (χ0n) is 14.6. The van der Waals surface area contributed by atoms with E-state index in [4.69, 9.17) is 0 Å². The molecule has 0 aliphatic carbocycles. The first-order chi connectivity index (χ1) is 13.2. The number of hydrogen-bond acceptors (Lipinski definition) is 7. The van der Waals surface area contributed by atoms with Crippen molar-refractivity contribution in [3.05, 3.63) is 60.4 Å². The van der Waals surface area contributed by atoms with Gasteiger partial charge in [0, 0.05) is 28.0 Å². The maximum absolute atomic E-state index is 11.5. The number of fused-ring (bicyclic) bond motifs is 1. The smallest absolute Gasteiger partial charge is 0.228 e. The van der Waals surface area contributed by atoms with E-state index in [2.05, 4.69) is 30.6 Å². The Bertz CT molecular complexity index is 993. The molecule has 0 bridgehead atoms. The number of hydrogen-bond donors (Lipinski definition) is 4. The number of aromatic nitrogens is 2. The fraction of sp³-hybridized carbons (Fsp3) is 0.105. The van der Waals surface area contributed by atoms with E-state index in [1.54, 1.807) is 11.9 Å². The first kappa shape index (κ1) is 17.3. The quantitative estimate of drug-likeness (QED) is 0.486.